The van der Waals surface area contributed by atoms with E-state index in [1.54, 1.807) is 30.3 Å². The zero-order chi connectivity index (χ0) is 14.7. The summed E-state index contributed by atoms with van der Waals surface area (Å²) in [5.41, 5.74) is 1.42. The van der Waals surface area contributed by atoms with Gasteiger partial charge >= 0.3 is 0 Å². The third kappa shape index (κ3) is 3.51. The smallest absolute Gasteiger partial charge is 0.137 e. The molecular weight excluding hydrogens is 347 g/mol. The molecule has 0 radical (unpaired) electrons. The van der Waals surface area contributed by atoms with Crippen molar-refractivity contribution in [2.45, 2.75) is 12.5 Å². The Hall–Kier alpha value is -1.10. The monoisotopic (exact) mass is 358 g/mol. The molecule has 0 bridgehead atoms. The molecule has 1 N–H and O–H groups in total. The average molecular weight is 360 g/mol. The summed E-state index contributed by atoms with van der Waals surface area (Å²) >= 11 is 9.07. The average Bonchev–Trinajstić information content (AvgIpc) is 2.43. The van der Waals surface area contributed by atoms with Crippen molar-refractivity contribution in [1.82, 2.24) is 0 Å². The van der Waals surface area contributed by atoms with Gasteiger partial charge in [-0.15, -0.1) is 0 Å². The van der Waals surface area contributed by atoms with Crippen molar-refractivity contribution >= 4 is 27.5 Å². The first-order chi connectivity index (χ1) is 9.51. The van der Waals surface area contributed by atoms with Crippen LogP contribution in [0.3, 0.4) is 0 Å². The summed E-state index contributed by atoms with van der Waals surface area (Å²) in [4.78, 5) is 0. The van der Waals surface area contributed by atoms with Gasteiger partial charge in [0, 0.05) is 17.0 Å². The molecular formula is C15H13BrClFO2. The van der Waals surface area contributed by atoms with E-state index in [0.717, 1.165) is 5.56 Å². The van der Waals surface area contributed by atoms with E-state index in [1.165, 1.54) is 13.2 Å². The number of ether oxygens (including phenoxy) is 1. The summed E-state index contributed by atoms with van der Waals surface area (Å²) in [6.45, 7) is 0. The van der Waals surface area contributed by atoms with Crippen molar-refractivity contribution in [2.75, 3.05) is 7.11 Å². The Morgan fingerprint density at radius 3 is 2.70 bits per heavy atom. The van der Waals surface area contributed by atoms with E-state index in [4.69, 9.17) is 16.3 Å². The summed E-state index contributed by atoms with van der Waals surface area (Å²) in [5.74, 6) is 0.242. The Balaban J connectivity index is 2.25. The summed E-state index contributed by atoms with van der Waals surface area (Å²) < 4.78 is 18.8. The molecule has 0 spiro atoms. The third-order valence-corrected chi connectivity index (χ3v) is 3.81. The number of methoxy groups -OCH3 is 1. The van der Waals surface area contributed by atoms with Crippen molar-refractivity contribution in [2.24, 2.45) is 0 Å². The van der Waals surface area contributed by atoms with Gasteiger partial charge in [0.2, 0.25) is 0 Å². The molecule has 106 valence electrons. The molecule has 2 aromatic carbocycles. The Bertz CT molecular complexity index is 619. The van der Waals surface area contributed by atoms with Gasteiger partial charge in [-0.25, -0.2) is 4.39 Å². The number of rotatable bonds is 4. The highest BCUT2D eigenvalue weighted by Crippen LogP contribution is 2.31. The molecule has 0 saturated carbocycles. The lowest BCUT2D eigenvalue weighted by atomic mass is 10.0. The Labute approximate surface area is 130 Å². The third-order valence-electron chi connectivity index (χ3n) is 2.96. The first-order valence-electron chi connectivity index (χ1n) is 5.96. The largest absolute Gasteiger partial charge is 0.496 e. The minimum absolute atomic E-state index is 0.330. The number of halogens is 3. The van der Waals surface area contributed by atoms with Crippen molar-refractivity contribution < 1.29 is 14.2 Å². The fourth-order valence-electron chi connectivity index (χ4n) is 1.97. The van der Waals surface area contributed by atoms with E-state index in [9.17, 15) is 9.50 Å². The number of aliphatic hydroxyl groups is 1. The van der Waals surface area contributed by atoms with Crippen LogP contribution < -0.4 is 4.74 Å². The molecule has 0 amide bonds. The normalized spacial score (nSPS) is 12.2. The van der Waals surface area contributed by atoms with E-state index < -0.39 is 6.10 Å². The van der Waals surface area contributed by atoms with Gasteiger partial charge in [-0.1, -0.05) is 17.7 Å². The van der Waals surface area contributed by atoms with Crippen LogP contribution in [0.5, 0.6) is 5.75 Å². The maximum absolute atomic E-state index is 13.2. The minimum Gasteiger partial charge on any atom is -0.496 e. The zero-order valence-corrected chi connectivity index (χ0v) is 13.1. The Morgan fingerprint density at radius 2 is 2.05 bits per heavy atom. The van der Waals surface area contributed by atoms with Crippen LogP contribution in [-0.2, 0) is 6.42 Å². The van der Waals surface area contributed by atoms with E-state index >= 15 is 0 Å². The lowest BCUT2D eigenvalue weighted by molar-refractivity contribution is 0.174. The fourth-order valence-corrected chi connectivity index (χ4v) is 2.57. The maximum atomic E-state index is 13.2. The van der Waals surface area contributed by atoms with Crippen LogP contribution in [0.1, 0.15) is 17.2 Å². The van der Waals surface area contributed by atoms with Gasteiger partial charge in [0.25, 0.3) is 0 Å². The summed E-state index contributed by atoms with van der Waals surface area (Å²) in [6, 6.07) is 9.73. The lowest BCUT2D eigenvalue weighted by Crippen LogP contribution is -2.04. The van der Waals surface area contributed by atoms with Gasteiger partial charge in [0.15, 0.2) is 0 Å². The van der Waals surface area contributed by atoms with Crippen LogP contribution in [0.2, 0.25) is 5.02 Å². The first-order valence-corrected chi connectivity index (χ1v) is 7.14. The predicted molar refractivity (Wildman–Crippen MR) is 80.8 cm³/mol. The number of aliphatic hydroxyl groups excluding tert-OH is 1. The second kappa shape index (κ2) is 6.57. The summed E-state index contributed by atoms with van der Waals surface area (Å²) in [5, 5.41) is 10.9. The molecule has 0 aromatic heterocycles. The molecule has 5 heteroatoms. The molecule has 2 rings (SSSR count). The molecule has 0 aliphatic carbocycles. The summed E-state index contributed by atoms with van der Waals surface area (Å²) in [7, 11) is 1.54. The molecule has 20 heavy (non-hydrogen) atoms. The zero-order valence-electron chi connectivity index (χ0n) is 10.7. The molecule has 2 aromatic rings. The molecule has 2 nitrogen and oxygen atoms in total. The molecule has 0 aliphatic heterocycles. The van der Waals surface area contributed by atoms with E-state index in [2.05, 4.69) is 15.9 Å². The van der Waals surface area contributed by atoms with Crippen LogP contribution >= 0.6 is 27.5 Å². The van der Waals surface area contributed by atoms with Crippen LogP contribution in [0.4, 0.5) is 4.39 Å². The van der Waals surface area contributed by atoms with Gasteiger partial charge in [-0.05, 0) is 51.8 Å². The van der Waals surface area contributed by atoms with Gasteiger partial charge < -0.3 is 9.84 Å². The van der Waals surface area contributed by atoms with Gasteiger partial charge in [-0.3, -0.25) is 0 Å². The quantitative estimate of drug-likeness (QED) is 0.869. The van der Waals surface area contributed by atoms with Crippen LogP contribution in [-0.4, -0.2) is 12.2 Å². The highest BCUT2D eigenvalue weighted by Gasteiger charge is 2.15. The van der Waals surface area contributed by atoms with Crippen LogP contribution in [0, 0.1) is 5.82 Å². The Morgan fingerprint density at radius 1 is 1.30 bits per heavy atom. The molecule has 1 unspecified atom stereocenters. The van der Waals surface area contributed by atoms with Crippen molar-refractivity contribution in [3.63, 3.8) is 0 Å². The van der Waals surface area contributed by atoms with Crippen molar-refractivity contribution in [3.8, 4) is 5.75 Å². The van der Waals surface area contributed by atoms with Gasteiger partial charge in [-0.2, -0.15) is 0 Å². The second-order valence-electron chi connectivity index (χ2n) is 4.35. The van der Waals surface area contributed by atoms with Crippen molar-refractivity contribution in [3.05, 3.63) is 62.8 Å². The molecule has 0 saturated heterocycles. The highest BCUT2D eigenvalue weighted by atomic mass is 79.9. The molecule has 0 heterocycles. The van der Waals surface area contributed by atoms with E-state index in [1.807, 2.05) is 0 Å². The second-order valence-corrected chi connectivity index (χ2v) is 5.65. The molecule has 0 aliphatic rings. The fraction of sp³-hybridized carbons (Fsp3) is 0.200. The van der Waals surface area contributed by atoms with E-state index in [0.29, 0.717) is 27.2 Å². The maximum Gasteiger partial charge on any atom is 0.137 e. The number of hydrogen-bond donors (Lipinski definition) is 1. The SMILES string of the molecule is COc1ccc(Cl)cc1C(O)Cc1ccc(F)c(Br)c1. The standard InChI is InChI=1S/C15H13BrClFO2/c1-20-15-5-3-10(17)8-11(15)14(19)7-9-2-4-13(18)12(16)6-9/h2-6,8,14,19H,7H2,1H3. The minimum atomic E-state index is -0.777. The predicted octanol–water partition coefficient (Wildman–Crippen LogP) is 4.53. The highest BCUT2D eigenvalue weighted by molar-refractivity contribution is 9.10. The van der Waals surface area contributed by atoms with Crippen LogP contribution in [0.25, 0.3) is 0 Å². The van der Waals surface area contributed by atoms with Gasteiger partial charge in [0.05, 0.1) is 17.7 Å². The van der Waals surface area contributed by atoms with Crippen molar-refractivity contribution in [1.29, 1.82) is 0 Å². The number of benzene rings is 2. The molecule has 0 fully saturated rings. The summed E-state index contributed by atoms with van der Waals surface area (Å²) in [6.07, 6.45) is -0.434. The van der Waals surface area contributed by atoms with E-state index in [-0.39, 0.29) is 5.82 Å². The Kier molecular flexibility index (Phi) is 5.02. The lowest BCUT2D eigenvalue weighted by Gasteiger charge is -2.15. The number of hydrogen-bond acceptors (Lipinski definition) is 2. The first kappa shape index (κ1) is 15.3. The van der Waals surface area contributed by atoms with Crippen LogP contribution in [0.15, 0.2) is 40.9 Å². The molecule has 1 atom stereocenters. The topological polar surface area (TPSA) is 29.5 Å². The van der Waals surface area contributed by atoms with Gasteiger partial charge in [0.1, 0.15) is 11.6 Å².